The van der Waals surface area contributed by atoms with Crippen molar-refractivity contribution in [2.75, 3.05) is 45.1 Å². The average molecular weight is 487 g/mol. The number of aromatic nitrogens is 2. The first kappa shape index (κ1) is 24.7. The van der Waals surface area contributed by atoms with Crippen molar-refractivity contribution in [3.63, 3.8) is 0 Å². The van der Waals surface area contributed by atoms with E-state index in [-0.39, 0.29) is 11.8 Å². The lowest BCUT2D eigenvalue weighted by molar-refractivity contribution is 0.0826. The molecule has 184 valence electrons. The summed E-state index contributed by atoms with van der Waals surface area (Å²) in [6, 6.07) is 7.56. The van der Waals surface area contributed by atoms with Crippen molar-refractivity contribution in [3.05, 3.63) is 46.1 Å². The lowest BCUT2D eigenvalue weighted by Gasteiger charge is -2.41. The van der Waals surface area contributed by atoms with Gasteiger partial charge in [-0.1, -0.05) is 23.7 Å². The summed E-state index contributed by atoms with van der Waals surface area (Å²) < 4.78 is 0. The topological polar surface area (TPSA) is 93.4 Å². The highest BCUT2D eigenvalue weighted by Crippen LogP contribution is 2.25. The van der Waals surface area contributed by atoms with Crippen LogP contribution in [0.2, 0.25) is 5.02 Å². The van der Waals surface area contributed by atoms with Crippen LogP contribution >= 0.6 is 11.6 Å². The lowest BCUT2D eigenvalue weighted by atomic mass is 9.91. The second-order valence-corrected chi connectivity index (χ2v) is 9.97. The third kappa shape index (κ3) is 5.98. The zero-order valence-electron chi connectivity index (χ0n) is 20.1. The summed E-state index contributed by atoms with van der Waals surface area (Å²) in [4.78, 5) is 30.3. The molecule has 0 unspecified atom stereocenters. The van der Waals surface area contributed by atoms with Crippen LogP contribution in [0, 0.1) is 12.8 Å². The van der Waals surface area contributed by atoms with E-state index < -0.39 is 0 Å². The summed E-state index contributed by atoms with van der Waals surface area (Å²) in [5.74, 6) is 0.415. The van der Waals surface area contributed by atoms with E-state index in [1.807, 2.05) is 0 Å². The number of H-pyrrole nitrogens is 1. The first-order chi connectivity index (χ1) is 16.4. The summed E-state index contributed by atoms with van der Waals surface area (Å²) in [7, 11) is 2.21. The molecule has 1 aromatic carbocycles. The molecule has 8 nitrogen and oxygen atoms in total. The first-order valence-corrected chi connectivity index (χ1v) is 12.6. The van der Waals surface area contributed by atoms with Crippen LogP contribution in [-0.2, 0) is 0 Å². The molecule has 0 saturated carbocycles. The zero-order valence-corrected chi connectivity index (χ0v) is 20.8. The van der Waals surface area contributed by atoms with E-state index in [2.05, 4.69) is 37.7 Å². The fraction of sp³-hybridized carbons (Fsp3) is 0.560. The Morgan fingerprint density at radius 2 is 1.79 bits per heavy atom. The number of likely N-dealkylation sites (tertiary alicyclic amines) is 2. The number of carbonyl (C=O) groups is 2. The van der Waals surface area contributed by atoms with Gasteiger partial charge in [-0.05, 0) is 90.3 Å². The van der Waals surface area contributed by atoms with E-state index in [1.54, 1.807) is 31.2 Å². The normalized spacial score (nSPS) is 18.7. The fourth-order valence-electron chi connectivity index (χ4n) is 5.01. The van der Waals surface area contributed by atoms with Gasteiger partial charge >= 0.3 is 0 Å². The minimum absolute atomic E-state index is 0.202. The molecule has 2 saturated heterocycles. The molecule has 2 fully saturated rings. The number of amides is 2. The monoisotopic (exact) mass is 486 g/mol. The molecule has 34 heavy (non-hydrogen) atoms. The first-order valence-electron chi connectivity index (χ1n) is 12.2. The Morgan fingerprint density at radius 3 is 2.50 bits per heavy atom. The molecule has 2 aromatic rings. The van der Waals surface area contributed by atoms with Crippen LogP contribution in [0.4, 0.5) is 5.82 Å². The molecule has 0 aliphatic carbocycles. The van der Waals surface area contributed by atoms with Gasteiger partial charge in [0.1, 0.15) is 5.69 Å². The van der Waals surface area contributed by atoms with Gasteiger partial charge in [0.25, 0.3) is 11.8 Å². The number of nitrogens with one attached hydrogen (secondary N) is 3. The number of rotatable bonds is 7. The minimum Gasteiger partial charge on any atom is -0.351 e. The van der Waals surface area contributed by atoms with Crippen molar-refractivity contribution in [2.24, 2.45) is 5.92 Å². The second kappa shape index (κ2) is 11.3. The molecule has 9 heteroatoms. The summed E-state index contributed by atoms with van der Waals surface area (Å²) in [5, 5.41) is 13.0. The van der Waals surface area contributed by atoms with E-state index in [1.165, 1.54) is 51.9 Å². The number of halogens is 1. The Bertz CT molecular complexity index is 993. The summed E-state index contributed by atoms with van der Waals surface area (Å²) in [6.07, 6.45) is 5.94. The highest BCUT2D eigenvalue weighted by atomic mass is 35.5. The Labute approximate surface area is 206 Å². The predicted molar refractivity (Wildman–Crippen MR) is 134 cm³/mol. The number of nitrogens with zero attached hydrogens (tertiary/aromatic N) is 3. The van der Waals surface area contributed by atoms with E-state index in [4.69, 9.17) is 11.6 Å². The molecule has 0 spiro atoms. The molecule has 0 radical (unpaired) electrons. The Kier molecular flexibility index (Phi) is 8.24. The smallest absolute Gasteiger partial charge is 0.269 e. The van der Waals surface area contributed by atoms with Crippen LogP contribution in [0.15, 0.2) is 24.3 Å². The van der Waals surface area contributed by atoms with Crippen LogP contribution < -0.4 is 10.6 Å². The van der Waals surface area contributed by atoms with Crippen molar-refractivity contribution >= 4 is 29.2 Å². The molecular formula is C25H35ClN6O2. The number of hydrogen-bond acceptors (Lipinski definition) is 5. The van der Waals surface area contributed by atoms with E-state index >= 15 is 0 Å². The average Bonchev–Trinajstić information content (AvgIpc) is 3.20. The van der Waals surface area contributed by atoms with Crippen molar-refractivity contribution < 1.29 is 9.59 Å². The van der Waals surface area contributed by atoms with Crippen molar-refractivity contribution in [1.82, 2.24) is 25.3 Å². The molecule has 2 aliphatic heterocycles. The summed E-state index contributed by atoms with van der Waals surface area (Å²) in [6.45, 7) is 7.14. The number of piperidine rings is 2. The maximum Gasteiger partial charge on any atom is 0.269 e. The lowest BCUT2D eigenvalue weighted by Crippen LogP contribution is -2.47. The summed E-state index contributed by atoms with van der Waals surface area (Å²) in [5.41, 5.74) is 1.33. The van der Waals surface area contributed by atoms with Crippen LogP contribution in [0.3, 0.4) is 0 Å². The van der Waals surface area contributed by atoms with Crippen molar-refractivity contribution in [2.45, 2.75) is 45.1 Å². The Morgan fingerprint density at radius 1 is 1.09 bits per heavy atom. The van der Waals surface area contributed by atoms with Gasteiger partial charge in [-0.2, -0.15) is 5.10 Å². The van der Waals surface area contributed by atoms with Crippen LogP contribution in [-0.4, -0.2) is 77.6 Å². The highest BCUT2D eigenvalue weighted by Gasteiger charge is 2.27. The second-order valence-electron chi connectivity index (χ2n) is 9.56. The molecule has 3 N–H and O–H groups in total. The number of anilines is 1. The third-order valence-electron chi connectivity index (χ3n) is 7.28. The van der Waals surface area contributed by atoms with Gasteiger partial charge in [0.2, 0.25) is 0 Å². The molecule has 0 bridgehead atoms. The van der Waals surface area contributed by atoms with Gasteiger partial charge in [0.05, 0.1) is 10.6 Å². The number of aromatic amines is 1. The van der Waals surface area contributed by atoms with Crippen LogP contribution in [0.5, 0.6) is 0 Å². The molecule has 2 amide bonds. The Hall–Kier alpha value is -2.42. The van der Waals surface area contributed by atoms with Gasteiger partial charge in [0, 0.05) is 18.2 Å². The quantitative estimate of drug-likeness (QED) is 0.556. The van der Waals surface area contributed by atoms with E-state index in [0.29, 0.717) is 40.1 Å². The minimum atomic E-state index is -0.362. The number of hydrogen-bond donors (Lipinski definition) is 3. The molecule has 2 aliphatic rings. The molecule has 0 atom stereocenters. The number of benzene rings is 1. The van der Waals surface area contributed by atoms with Gasteiger partial charge in [0.15, 0.2) is 5.82 Å². The van der Waals surface area contributed by atoms with E-state index in [9.17, 15) is 9.59 Å². The fourth-order valence-corrected chi connectivity index (χ4v) is 5.23. The maximum absolute atomic E-state index is 12.7. The zero-order chi connectivity index (χ0) is 24.1. The van der Waals surface area contributed by atoms with E-state index in [0.717, 1.165) is 12.5 Å². The van der Waals surface area contributed by atoms with Gasteiger partial charge in [-0.25, -0.2) is 0 Å². The van der Waals surface area contributed by atoms with Gasteiger partial charge < -0.3 is 20.4 Å². The molecule has 1 aromatic heterocycles. The Balaban J connectivity index is 1.21. The standard InChI is InChI=1S/C25H35ClN6O2/c1-17-22(29-30-23(17)28-24(33)20-5-3-4-6-21(20)26)25(34)27-12-7-18-8-15-32(16-9-18)19-10-13-31(2)14-11-19/h3-6,18-19H,7-16H2,1-2H3,(H,27,34)(H2,28,29,30,33). The number of carbonyl (C=O) groups excluding carboxylic acids is 2. The predicted octanol–water partition coefficient (Wildman–Crippen LogP) is 3.55. The van der Waals surface area contributed by atoms with Gasteiger partial charge in [-0.15, -0.1) is 0 Å². The highest BCUT2D eigenvalue weighted by molar-refractivity contribution is 6.34. The van der Waals surface area contributed by atoms with Crippen LogP contribution in [0.25, 0.3) is 0 Å². The molecular weight excluding hydrogens is 452 g/mol. The largest absolute Gasteiger partial charge is 0.351 e. The van der Waals surface area contributed by atoms with Crippen LogP contribution in [0.1, 0.15) is 58.5 Å². The third-order valence-corrected chi connectivity index (χ3v) is 7.61. The summed E-state index contributed by atoms with van der Waals surface area (Å²) >= 11 is 6.10. The van der Waals surface area contributed by atoms with Crippen molar-refractivity contribution in [3.8, 4) is 0 Å². The SMILES string of the molecule is Cc1c(NC(=O)c2ccccc2Cl)n[nH]c1C(=O)NCCC1CCN(C2CCN(C)CC2)CC1. The molecule has 3 heterocycles. The van der Waals surface area contributed by atoms with Gasteiger partial charge in [-0.3, -0.25) is 14.7 Å². The van der Waals surface area contributed by atoms with Crippen molar-refractivity contribution in [1.29, 1.82) is 0 Å². The maximum atomic E-state index is 12.7. The molecule has 4 rings (SSSR count).